The maximum absolute atomic E-state index is 3.21. The molecule has 25 heavy (non-hydrogen) atoms. The molecule has 0 unspecified atom stereocenters. The first kappa shape index (κ1) is 18.6. The van der Waals surface area contributed by atoms with E-state index in [1.807, 2.05) is 66.7 Å². The molecule has 2 nitrogen and oxygen atoms in total. The van der Waals surface area contributed by atoms with Crippen molar-refractivity contribution in [3.8, 4) is 11.1 Å². The molecule has 0 saturated heterocycles. The smallest absolute Gasteiger partial charge is 0.308 e. The number of hydrazine groups is 1. The summed E-state index contributed by atoms with van der Waals surface area (Å²) < 4.78 is 0. The van der Waals surface area contributed by atoms with E-state index >= 15 is 0 Å². The number of hydrogen-bond donors (Lipinski definition) is 2. The minimum atomic E-state index is 0. The molecule has 0 heterocycles. The summed E-state index contributed by atoms with van der Waals surface area (Å²) in [6, 6.07) is 36.7. The monoisotopic (exact) mass is 368 g/mol. The maximum Gasteiger partial charge on any atom is 2.00 e. The zero-order valence-electron chi connectivity index (χ0n) is 13.7. The minimum absolute atomic E-state index is 0. The zero-order chi connectivity index (χ0) is 16.5. The van der Waals surface area contributed by atoms with Crippen molar-refractivity contribution in [1.82, 2.24) is 0 Å². The van der Waals surface area contributed by atoms with Crippen LogP contribution in [-0.2, 0) is 17.1 Å². The van der Waals surface area contributed by atoms with Crippen LogP contribution in [-0.4, -0.2) is 0 Å². The molecule has 0 aliphatic carbocycles. The molecule has 4 rings (SSSR count). The Bertz CT molecular complexity index is 789. The molecule has 2 N–H and O–H groups in total. The van der Waals surface area contributed by atoms with Gasteiger partial charge in [0, 0.05) is 5.69 Å². The molecule has 0 aliphatic rings. The summed E-state index contributed by atoms with van der Waals surface area (Å²) >= 11 is 0. The first-order valence-electron chi connectivity index (χ1n) is 7.98. The van der Waals surface area contributed by atoms with E-state index < -0.39 is 0 Å². The standard InChI is InChI=1S/C17H15N2.C5H5.Fe/c1-2-10-16(11-3-1)18-19-17-12-6-9-15(13-17)14-7-4-5-8-14;1-2-4-5-3-1;/h1-13,18-19H;1-5H;/q2*-1;+2. The van der Waals surface area contributed by atoms with Crippen LogP contribution in [0, 0.1) is 0 Å². The van der Waals surface area contributed by atoms with E-state index in [0.717, 1.165) is 11.4 Å². The molecular formula is C22H20FeN2. The van der Waals surface area contributed by atoms with Crippen LogP contribution >= 0.6 is 0 Å². The zero-order valence-corrected chi connectivity index (χ0v) is 14.9. The number of hydrogen-bond acceptors (Lipinski definition) is 2. The molecule has 0 bridgehead atoms. The second-order valence-electron chi connectivity index (χ2n) is 5.33. The summed E-state index contributed by atoms with van der Waals surface area (Å²) in [5.74, 6) is 0. The quantitative estimate of drug-likeness (QED) is 0.266. The molecule has 126 valence electrons. The number of nitrogens with one attached hydrogen (secondary N) is 2. The summed E-state index contributed by atoms with van der Waals surface area (Å²) in [6.07, 6.45) is 0. The third-order valence-electron chi connectivity index (χ3n) is 3.54. The Labute approximate surface area is 159 Å². The Morgan fingerprint density at radius 1 is 0.640 bits per heavy atom. The molecule has 0 radical (unpaired) electrons. The van der Waals surface area contributed by atoms with Gasteiger partial charge >= 0.3 is 17.1 Å². The molecule has 0 spiro atoms. The number of para-hydroxylation sites is 1. The van der Waals surface area contributed by atoms with Crippen LogP contribution in [0.15, 0.2) is 109 Å². The van der Waals surface area contributed by atoms with Gasteiger partial charge in [-0.2, -0.15) is 30.3 Å². The topological polar surface area (TPSA) is 24.1 Å². The third-order valence-corrected chi connectivity index (χ3v) is 3.54. The van der Waals surface area contributed by atoms with E-state index in [0.29, 0.717) is 0 Å². The van der Waals surface area contributed by atoms with E-state index in [2.05, 4.69) is 53.3 Å². The van der Waals surface area contributed by atoms with E-state index in [1.165, 1.54) is 11.1 Å². The summed E-state index contributed by atoms with van der Waals surface area (Å²) in [6.45, 7) is 0. The first-order valence-corrected chi connectivity index (χ1v) is 7.98. The Morgan fingerprint density at radius 2 is 1.28 bits per heavy atom. The van der Waals surface area contributed by atoms with Crippen molar-refractivity contribution in [2.45, 2.75) is 0 Å². The molecule has 4 aromatic carbocycles. The average molecular weight is 368 g/mol. The summed E-state index contributed by atoms with van der Waals surface area (Å²) in [5.41, 5.74) is 10.9. The van der Waals surface area contributed by atoms with Crippen molar-refractivity contribution in [1.29, 1.82) is 0 Å². The fourth-order valence-corrected chi connectivity index (χ4v) is 2.33. The van der Waals surface area contributed by atoms with Gasteiger partial charge in [-0.15, -0.1) is 23.8 Å². The van der Waals surface area contributed by atoms with Gasteiger partial charge in [0.25, 0.3) is 0 Å². The van der Waals surface area contributed by atoms with Crippen LogP contribution in [0.2, 0.25) is 0 Å². The molecule has 0 saturated carbocycles. The predicted molar refractivity (Wildman–Crippen MR) is 103 cm³/mol. The van der Waals surface area contributed by atoms with Crippen molar-refractivity contribution in [3.05, 3.63) is 109 Å². The van der Waals surface area contributed by atoms with Gasteiger partial charge < -0.3 is 10.9 Å². The fourth-order valence-electron chi connectivity index (χ4n) is 2.33. The molecule has 4 aromatic rings. The Kier molecular flexibility index (Phi) is 7.58. The number of rotatable bonds is 4. The largest absolute Gasteiger partial charge is 2.00 e. The number of anilines is 2. The summed E-state index contributed by atoms with van der Waals surface area (Å²) in [7, 11) is 0. The second kappa shape index (κ2) is 10.2. The summed E-state index contributed by atoms with van der Waals surface area (Å²) in [5, 5.41) is 0. The van der Waals surface area contributed by atoms with Gasteiger partial charge in [0.2, 0.25) is 0 Å². The third kappa shape index (κ3) is 6.00. The Morgan fingerprint density at radius 3 is 1.92 bits per heavy atom. The van der Waals surface area contributed by atoms with Crippen LogP contribution in [0.3, 0.4) is 0 Å². The maximum atomic E-state index is 3.21. The van der Waals surface area contributed by atoms with Crippen molar-refractivity contribution in [2.24, 2.45) is 0 Å². The SMILES string of the molecule is [Fe+2].c1cc[cH-]c1.c1ccc(NNc2cccc(-[c-]3cccc3)c2)cc1. The van der Waals surface area contributed by atoms with E-state index in [9.17, 15) is 0 Å². The van der Waals surface area contributed by atoms with Crippen molar-refractivity contribution >= 4 is 11.4 Å². The normalized spacial score (nSPS) is 9.28. The average Bonchev–Trinajstić information content (AvgIpc) is 3.37. The van der Waals surface area contributed by atoms with E-state index in [1.54, 1.807) is 0 Å². The van der Waals surface area contributed by atoms with Gasteiger partial charge in [-0.1, -0.05) is 42.0 Å². The molecule has 3 heteroatoms. The van der Waals surface area contributed by atoms with Gasteiger partial charge in [0.1, 0.15) is 0 Å². The van der Waals surface area contributed by atoms with Crippen LogP contribution in [0.5, 0.6) is 0 Å². The van der Waals surface area contributed by atoms with E-state index in [-0.39, 0.29) is 17.1 Å². The van der Waals surface area contributed by atoms with Gasteiger partial charge in [0.05, 0.1) is 5.69 Å². The van der Waals surface area contributed by atoms with Gasteiger partial charge in [0.15, 0.2) is 0 Å². The molecular weight excluding hydrogens is 348 g/mol. The molecule has 0 amide bonds. The van der Waals surface area contributed by atoms with Crippen molar-refractivity contribution < 1.29 is 17.1 Å². The Hall–Kier alpha value is -2.74. The van der Waals surface area contributed by atoms with Crippen molar-refractivity contribution in [2.75, 3.05) is 10.9 Å². The second-order valence-corrected chi connectivity index (χ2v) is 5.33. The first-order chi connectivity index (χ1) is 11.9. The van der Waals surface area contributed by atoms with Gasteiger partial charge in [-0.05, 0) is 12.1 Å². The number of benzene rings is 2. The van der Waals surface area contributed by atoms with Gasteiger partial charge in [-0.3, -0.25) is 0 Å². The molecule has 0 aromatic heterocycles. The van der Waals surface area contributed by atoms with Crippen LogP contribution in [0.4, 0.5) is 11.4 Å². The van der Waals surface area contributed by atoms with Gasteiger partial charge in [-0.25, -0.2) is 12.1 Å². The molecule has 0 fully saturated rings. The van der Waals surface area contributed by atoms with Crippen LogP contribution < -0.4 is 10.9 Å². The molecule has 0 aliphatic heterocycles. The predicted octanol–water partition coefficient (Wildman–Crippen LogP) is 5.91. The van der Waals surface area contributed by atoms with Crippen molar-refractivity contribution in [3.63, 3.8) is 0 Å². The summed E-state index contributed by atoms with van der Waals surface area (Å²) in [4.78, 5) is 0. The van der Waals surface area contributed by atoms with Crippen LogP contribution in [0.1, 0.15) is 0 Å². The fraction of sp³-hybridized carbons (Fsp3) is 0. The van der Waals surface area contributed by atoms with Crippen LogP contribution in [0.25, 0.3) is 11.1 Å². The van der Waals surface area contributed by atoms with E-state index in [4.69, 9.17) is 0 Å². The molecule has 0 atom stereocenters. The Balaban J connectivity index is 0.000000325. The minimum Gasteiger partial charge on any atom is -0.308 e.